The van der Waals surface area contributed by atoms with Crippen molar-refractivity contribution in [3.8, 4) is 5.75 Å². The molecule has 0 atom stereocenters. The molecule has 1 N–H and O–H groups in total. The molecular formula is C19H22N2O3. The normalized spacial score (nSPS) is 10.1. The molecule has 2 aromatic rings. The van der Waals surface area contributed by atoms with Crippen molar-refractivity contribution in [3.63, 3.8) is 0 Å². The molecule has 1 amide bonds. The van der Waals surface area contributed by atoms with E-state index in [9.17, 15) is 9.59 Å². The highest BCUT2D eigenvalue weighted by Crippen LogP contribution is 2.13. The van der Waals surface area contributed by atoms with Crippen LogP contribution in [0.1, 0.15) is 17.3 Å². The van der Waals surface area contributed by atoms with Gasteiger partial charge in [0.2, 0.25) is 0 Å². The zero-order chi connectivity index (χ0) is 17.4. The zero-order valence-electron chi connectivity index (χ0n) is 14.0. The predicted molar refractivity (Wildman–Crippen MR) is 94.7 cm³/mol. The first-order valence-electron chi connectivity index (χ1n) is 7.83. The Kier molecular flexibility index (Phi) is 6.37. The van der Waals surface area contributed by atoms with Crippen molar-refractivity contribution in [1.29, 1.82) is 0 Å². The van der Waals surface area contributed by atoms with E-state index in [0.29, 0.717) is 24.4 Å². The van der Waals surface area contributed by atoms with Crippen LogP contribution in [0.2, 0.25) is 0 Å². The molecule has 0 radical (unpaired) electrons. The molecule has 2 aromatic carbocycles. The number of ketones is 1. The molecule has 0 aromatic heterocycles. The molecule has 5 heteroatoms. The van der Waals surface area contributed by atoms with Gasteiger partial charge in [-0.15, -0.1) is 0 Å². The zero-order valence-corrected chi connectivity index (χ0v) is 14.0. The Balaban J connectivity index is 1.72. The number of para-hydroxylation sites is 1. The van der Waals surface area contributed by atoms with E-state index in [1.807, 2.05) is 37.4 Å². The van der Waals surface area contributed by atoms with Crippen molar-refractivity contribution >= 4 is 17.4 Å². The first-order chi connectivity index (χ1) is 11.6. The number of hydrogen-bond acceptors (Lipinski definition) is 4. The summed E-state index contributed by atoms with van der Waals surface area (Å²) in [5.41, 5.74) is 1.67. The van der Waals surface area contributed by atoms with Crippen LogP contribution in [0.25, 0.3) is 0 Å². The first-order valence-corrected chi connectivity index (χ1v) is 7.83. The number of ether oxygens (including phenoxy) is 1. The Hall–Kier alpha value is -2.82. The number of carbonyl (C=O) groups is 2. The highest BCUT2D eigenvalue weighted by Gasteiger charge is 2.06. The number of amides is 1. The summed E-state index contributed by atoms with van der Waals surface area (Å²) < 4.78 is 5.42. The summed E-state index contributed by atoms with van der Waals surface area (Å²) in [6.07, 6.45) is 0. The molecule has 0 saturated carbocycles. The number of nitrogens with one attached hydrogen (secondary N) is 1. The van der Waals surface area contributed by atoms with Crippen LogP contribution in [0, 0.1) is 0 Å². The van der Waals surface area contributed by atoms with Crippen LogP contribution in [0.15, 0.2) is 54.6 Å². The lowest BCUT2D eigenvalue weighted by Crippen LogP contribution is -2.35. The molecular weight excluding hydrogens is 304 g/mol. The van der Waals surface area contributed by atoms with Gasteiger partial charge in [0.1, 0.15) is 5.75 Å². The minimum Gasteiger partial charge on any atom is -0.484 e. The molecule has 24 heavy (non-hydrogen) atoms. The Labute approximate surface area is 142 Å². The number of Topliss-reactive ketones (excluding diaryl/α,β-unsaturated/α-hetero) is 1. The summed E-state index contributed by atoms with van der Waals surface area (Å²) in [5.74, 6) is 0.290. The lowest BCUT2D eigenvalue weighted by Gasteiger charge is -2.19. The number of anilines is 1. The maximum absolute atomic E-state index is 11.8. The van der Waals surface area contributed by atoms with Crippen LogP contribution in [-0.2, 0) is 4.79 Å². The van der Waals surface area contributed by atoms with E-state index in [4.69, 9.17) is 4.74 Å². The summed E-state index contributed by atoms with van der Waals surface area (Å²) in [6, 6.07) is 16.8. The molecule has 0 aliphatic carbocycles. The second kappa shape index (κ2) is 8.72. The van der Waals surface area contributed by atoms with E-state index >= 15 is 0 Å². The molecule has 0 heterocycles. The van der Waals surface area contributed by atoms with Crippen molar-refractivity contribution in [2.24, 2.45) is 0 Å². The van der Waals surface area contributed by atoms with Crippen molar-refractivity contribution in [1.82, 2.24) is 5.32 Å². The van der Waals surface area contributed by atoms with Gasteiger partial charge in [0.25, 0.3) is 5.91 Å². The number of benzene rings is 2. The van der Waals surface area contributed by atoms with Crippen LogP contribution in [0.5, 0.6) is 5.75 Å². The summed E-state index contributed by atoms with van der Waals surface area (Å²) >= 11 is 0. The Morgan fingerprint density at radius 1 is 1.08 bits per heavy atom. The topological polar surface area (TPSA) is 58.6 Å². The number of carbonyl (C=O) groups excluding carboxylic acids is 2. The number of nitrogens with zero attached hydrogens (tertiary/aromatic N) is 1. The molecule has 126 valence electrons. The van der Waals surface area contributed by atoms with Gasteiger partial charge in [-0.1, -0.05) is 30.3 Å². The number of rotatable bonds is 8. The maximum Gasteiger partial charge on any atom is 0.258 e. The second-order valence-corrected chi connectivity index (χ2v) is 5.48. The van der Waals surface area contributed by atoms with Crippen LogP contribution < -0.4 is 15.0 Å². The summed E-state index contributed by atoms with van der Waals surface area (Å²) in [7, 11) is 1.98. The van der Waals surface area contributed by atoms with Gasteiger partial charge in [0.15, 0.2) is 12.4 Å². The third-order valence-electron chi connectivity index (χ3n) is 3.58. The standard InChI is InChI=1S/C19H22N2O3/c1-15(22)16-7-6-10-18(13-16)24-14-19(23)20-11-12-21(2)17-8-4-3-5-9-17/h3-10,13H,11-12,14H2,1-2H3,(H,20,23). The van der Waals surface area contributed by atoms with Gasteiger partial charge < -0.3 is 15.0 Å². The molecule has 0 spiro atoms. The van der Waals surface area contributed by atoms with Gasteiger partial charge in [-0.05, 0) is 31.2 Å². The lowest BCUT2D eigenvalue weighted by molar-refractivity contribution is -0.123. The molecule has 0 aliphatic rings. The van der Waals surface area contributed by atoms with E-state index < -0.39 is 0 Å². The third kappa shape index (κ3) is 5.43. The van der Waals surface area contributed by atoms with Gasteiger partial charge in [0, 0.05) is 31.4 Å². The van der Waals surface area contributed by atoms with Crippen LogP contribution in [0.4, 0.5) is 5.69 Å². The molecule has 0 aliphatic heterocycles. The van der Waals surface area contributed by atoms with Crippen molar-refractivity contribution in [2.45, 2.75) is 6.92 Å². The summed E-state index contributed by atoms with van der Waals surface area (Å²) in [6.45, 7) is 2.65. The largest absolute Gasteiger partial charge is 0.484 e. The van der Waals surface area contributed by atoms with Crippen molar-refractivity contribution < 1.29 is 14.3 Å². The van der Waals surface area contributed by atoms with Gasteiger partial charge in [-0.25, -0.2) is 0 Å². The highest BCUT2D eigenvalue weighted by atomic mass is 16.5. The first kappa shape index (κ1) is 17.5. The smallest absolute Gasteiger partial charge is 0.258 e. The Morgan fingerprint density at radius 3 is 2.54 bits per heavy atom. The fourth-order valence-electron chi connectivity index (χ4n) is 2.18. The monoisotopic (exact) mass is 326 g/mol. The average molecular weight is 326 g/mol. The molecule has 0 fully saturated rings. The van der Waals surface area contributed by atoms with E-state index in [1.165, 1.54) is 6.92 Å². The maximum atomic E-state index is 11.8. The van der Waals surface area contributed by atoms with E-state index in [1.54, 1.807) is 24.3 Å². The third-order valence-corrected chi connectivity index (χ3v) is 3.58. The van der Waals surface area contributed by atoms with Gasteiger partial charge >= 0.3 is 0 Å². The van der Waals surface area contributed by atoms with Crippen LogP contribution in [-0.4, -0.2) is 38.4 Å². The number of hydrogen-bond donors (Lipinski definition) is 1. The molecule has 0 bridgehead atoms. The quantitative estimate of drug-likeness (QED) is 0.757. The Morgan fingerprint density at radius 2 is 1.83 bits per heavy atom. The second-order valence-electron chi connectivity index (χ2n) is 5.48. The highest BCUT2D eigenvalue weighted by molar-refractivity contribution is 5.94. The van der Waals surface area contributed by atoms with Crippen LogP contribution in [0.3, 0.4) is 0 Å². The lowest BCUT2D eigenvalue weighted by atomic mass is 10.1. The van der Waals surface area contributed by atoms with E-state index in [-0.39, 0.29) is 18.3 Å². The SMILES string of the molecule is CC(=O)c1cccc(OCC(=O)NCCN(C)c2ccccc2)c1. The molecule has 5 nitrogen and oxygen atoms in total. The van der Waals surface area contributed by atoms with Crippen LogP contribution >= 0.6 is 0 Å². The fraction of sp³-hybridized carbons (Fsp3) is 0.263. The molecule has 0 unspecified atom stereocenters. The average Bonchev–Trinajstić information content (AvgIpc) is 2.61. The Bertz CT molecular complexity index is 686. The minimum absolute atomic E-state index is 0.0335. The van der Waals surface area contributed by atoms with E-state index in [2.05, 4.69) is 10.2 Å². The van der Waals surface area contributed by atoms with Gasteiger partial charge in [-0.3, -0.25) is 9.59 Å². The predicted octanol–water partition coefficient (Wildman–Crippen LogP) is 2.52. The van der Waals surface area contributed by atoms with Crippen molar-refractivity contribution in [2.75, 3.05) is 31.6 Å². The minimum atomic E-state index is -0.190. The van der Waals surface area contributed by atoms with E-state index in [0.717, 1.165) is 5.69 Å². The molecule has 0 saturated heterocycles. The van der Waals surface area contributed by atoms with Crippen molar-refractivity contribution in [3.05, 3.63) is 60.2 Å². The molecule has 2 rings (SSSR count). The number of likely N-dealkylation sites (N-methyl/N-ethyl adjacent to an activating group) is 1. The van der Waals surface area contributed by atoms with Gasteiger partial charge in [-0.2, -0.15) is 0 Å². The fourth-order valence-corrected chi connectivity index (χ4v) is 2.18. The summed E-state index contributed by atoms with van der Waals surface area (Å²) in [4.78, 5) is 25.2. The summed E-state index contributed by atoms with van der Waals surface area (Å²) in [5, 5.41) is 2.82. The van der Waals surface area contributed by atoms with Gasteiger partial charge in [0.05, 0.1) is 0 Å².